The van der Waals surface area contributed by atoms with Crippen LogP contribution in [0, 0.1) is 5.92 Å². The molecule has 13 heavy (non-hydrogen) atoms. The molecule has 1 aromatic rings. The zero-order chi connectivity index (χ0) is 9.84. The van der Waals surface area contributed by atoms with Crippen molar-refractivity contribution in [2.24, 2.45) is 11.7 Å². The molecule has 0 amide bonds. The Morgan fingerprint density at radius 2 is 2.08 bits per heavy atom. The van der Waals surface area contributed by atoms with Crippen LogP contribution in [0.3, 0.4) is 0 Å². The second-order valence-corrected chi connectivity index (χ2v) is 3.64. The maximum absolute atomic E-state index is 9.78. The smallest absolute Gasteiger partial charge is 0.0813 e. The third-order valence-electron chi connectivity index (χ3n) is 2.16. The average molecular weight is 179 g/mol. The highest BCUT2D eigenvalue weighted by Gasteiger charge is 2.11. The molecule has 72 valence electrons. The lowest BCUT2D eigenvalue weighted by molar-refractivity contribution is 0.127. The molecule has 0 saturated heterocycles. The Hall–Kier alpha value is -0.860. The molecule has 0 bridgehead atoms. The molecule has 1 atom stereocenters. The van der Waals surface area contributed by atoms with E-state index >= 15 is 0 Å². The Morgan fingerprint density at radius 1 is 1.38 bits per heavy atom. The number of hydrogen-bond acceptors (Lipinski definition) is 2. The summed E-state index contributed by atoms with van der Waals surface area (Å²) < 4.78 is 0. The molecule has 0 aliphatic heterocycles. The summed E-state index contributed by atoms with van der Waals surface area (Å²) in [5.74, 6) is 0.244. The third-order valence-corrected chi connectivity index (χ3v) is 2.16. The van der Waals surface area contributed by atoms with Crippen LogP contribution in [0.15, 0.2) is 24.3 Å². The molecule has 3 N–H and O–H groups in total. The molecular weight excluding hydrogens is 162 g/mol. The zero-order valence-electron chi connectivity index (χ0n) is 8.20. The molecular formula is C11H17NO. The first-order valence-electron chi connectivity index (χ1n) is 4.62. The first-order valence-corrected chi connectivity index (χ1v) is 4.62. The Kier molecular flexibility index (Phi) is 3.46. The summed E-state index contributed by atoms with van der Waals surface area (Å²) in [7, 11) is 0. The number of benzene rings is 1. The van der Waals surface area contributed by atoms with Crippen molar-refractivity contribution in [3.8, 4) is 0 Å². The van der Waals surface area contributed by atoms with E-state index < -0.39 is 0 Å². The van der Waals surface area contributed by atoms with Crippen LogP contribution in [0.4, 0.5) is 0 Å². The monoisotopic (exact) mass is 179 g/mol. The maximum atomic E-state index is 9.78. The number of aliphatic hydroxyl groups is 1. The van der Waals surface area contributed by atoms with Crippen molar-refractivity contribution in [1.29, 1.82) is 0 Å². The average Bonchev–Trinajstić information content (AvgIpc) is 2.16. The maximum Gasteiger partial charge on any atom is 0.0813 e. The minimum absolute atomic E-state index is 0.244. The van der Waals surface area contributed by atoms with Crippen molar-refractivity contribution in [2.75, 3.05) is 0 Å². The van der Waals surface area contributed by atoms with Crippen molar-refractivity contribution < 1.29 is 5.11 Å². The molecule has 0 radical (unpaired) electrons. The quantitative estimate of drug-likeness (QED) is 0.743. The van der Waals surface area contributed by atoms with E-state index in [1.54, 1.807) is 0 Å². The van der Waals surface area contributed by atoms with E-state index in [0.29, 0.717) is 6.54 Å². The van der Waals surface area contributed by atoms with Gasteiger partial charge in [0, 0.05) is 6.54 Å². The van der Waals surface area contributed by atoms with Crippen LogP contribution in [0.2, 0.25) is 0 Å². The van der Waals surface area contributed by atoms with Crippen molar-refractivity contribution in [2.45, 2.75) is 26.5 Å². The van der Waals surface area contributed by atoms with E-state index in [9.17, 15) is 5.11 Å². The predicted molar refractivity (Wildman–Crippen MR) is 54.1 cm³/mol. The second-order valence-electron chi connectivity index (χ2n) is 3.64. The van der Waals surface area contributed by atoms with Gasteiger partial charge in [0.1, 0.15) is 0 Å². The predicted octanol–water partition coefficient (Wildman–Crippen LogP) is 1.83. The van der Waals surface area contributed by atoms with Crippen LogP contribution in [-0.4, -0.2) is 5.11 Å². The van der Waals surface area contributed by atoms with Gasteiger partial charge < -0.3 is 10.8 Å². The molecule has 0 aliphatic rings. The minimum atomic E-state index is -0.383. The van der Waals surface area contributed by atoms with Crippen LogP contribution in [0.5, 0.6) is 0 Å². The van der Waals surface area contributed by atoms with Crippen LogP contribution in [-0.2, 0) is 6.54 Å². The van der Waals surface area contributed by atoms with Gasteiger partial charge in [-0.3, -0.25) is 0 Å². The summed E-state index contributed by atoms with van der Waals surface area (Å²) in [5.41, 5.74) is 7.54. The van der Waals surface area contributed by atoms with Gasteiger partial charge in [-0.1, -0.05) is 38.1 Å². The highest BCUT2D eigenvalue weighted by Crippen LogP contribution is 2.21. The molecule has 0 aliphatic carbocycles. The molecule has 2 heteroatoms. The first-order chi connectivity index (χ1) is 6.15. The summed E-state index contributed by atoms with van der Waals surface area (Å²) >= 11 is 0. The van der Waals surface area contributed by atoms with Crippen molar-refractivity contribution in [3.63, 3.8) is 0 Å². The third kappa shape index (κ3) is 2.54. The van der Waals surface area contributed by atoms with Gasteiger partial charge in [0.2, 0.25) is 0 Å². The van der Waals surface area contributed by atoms with E-state index in [-0.39, 0.29) is 12.0 Å². The van der Waals surface area contributed by atoms with Crippen molar-refractivity contribution in [3.05, 3.63) is 35.4 Å². The molecule has 1 unspecified atom stereocenters. The number of rotatable bonds is 3. The number of nitrogens with two attached hydrogens (primary N) is 1. The number of hydrogen-bond donors (Lipinski definition) is 2. The molecule has 2 nitrogen and oxygen atoms in total. The molecule has 0 spiro atoms. The Bertz CT molecular complexity index is 271. The molecule has 0 saturated carbocycles. The van der Waals surface area contributed by atoms with Gasteiger partial charge in [0.05, 0.1) is 6.10 Å². The van der Waals surface area contributed by atoms with Gasteiger partial charge in [0.25, 0.3) is 0 Å². The van der Waals surface area contributed by atoms with Crippen LogP contribution < -0.4 is 5.73 Å². The minimum Gasteiger partial charge on any atom is -0.388 e. The zero-order valence-corrected chi connectivity index (χ0v) is 8.20. The number of aliphatic hydroxyl groups excluding tert-OH is 1. The van der Waals surface area contributed by atoms with Gasteiger partial charge >= 0.3 is 0 Å². The van der Waals surface area contributed by atoms with Gasteiger partial charge in [0.15, 0.2) is 0 Å². The van der Waals surface area contributed by atoms with Crippen LogP contribution in [0.1, 0.15) is 31.1 Å². The lowest BCUT2D eigenvalue weighted by atomic mass is 9.98. The second kappa shape index (κ2) is 4.40. The Morgan fingerprint density at radius 3 is 2.62 bits per heavy atom. The topological polar surface area (TPSA) is 46.2 Å². The molecule has 0 fully saturated rings. The summed E-state index contributed by atoms with van der Waals surface area (Å²) in [6.45, 7) is 4.53. The Balaban J connectivity index is 2.88. The normalized spacial score (nSPS) is 13.3. The molecule has 0 heterocycles. The molecule has 1 rings (SSSR count). The van der Waals surface area contributed by atoms with E-state index in [2.05, 4.69) is 0 Å². The Labute approximate surface area is 79.4 Å². The highest BCUT2D eigenvalue weighted by atomic mass is 16.3. The first kappa shape index (κ1) is 10.2. The molecule has 0 aromatic heterocycles. The van der Waals surface area contributed by atoms with Gasteiger partial charge in [-0.25, -0.2) is 0 Å². The summed E-state index contributed by atoms with van der Waals surface area (Å²) in [4.78, 5) is 0. The van der Waals surface area contributed by atoms with Crippen molar-refractivity contribution >= 4 is 0 Å². The summed E-state index contributed by atoms with van der Waals surface area (Å²) in [5, 5.41) is 9.78. The fourth-order valence-electron chi connectivity index (χ4n) is 1.29. The standard InChI is InChI=1S/C11H17NO/c1-8(2)11(13)10-5-3-4-9(6-10)7-12/h3-6,8,11,13H,7,12H2,1-2H3. The SMILES string of the molecule is CC(C)C(O)c1cccc(CN)c1. The fourth-order valence-corrected chi connectivity index (χ4v) is 1.29. The van der Waals surface area contributed by atoms with Crippen LogP contribution >= 0.6 is 0 Å². The van der Waals surface area contributed by atoms with Gasteiger partial charge in [-0.15, -0.1) is 0 Å². The van der Waals surface area contributed by atoms with Crippen molar-refractivity contribution in [1.82, 2.24) is 0 Å². The summed E-state index contributed by atoms with van der Waals surface area (Å²) in [6.07, 6.45) is -0.383. The molecule has 1 aromatic carbocycles. The lowest BCUT2D eigenvalue weighted by Crippen LogP contribution is -2.06. The van der Waals surface area contributed by atoms with E-state index in [0.717, 1.165) is 11.1 Å². The lowest BCUT2D eigenvalue weighted by Gasteiger charge is -2.15. The fraction of sp³-hybridized carbons (Fsp3) is 0.455. The van der Waals surface area contributed by atoms with Gasteiger partial charge in [-0.05, 0) is 17.0 Å². The van der Waals surface area contributed by atoms with E-state index in [1.807, 2.05) is 38.1 Å². The van der Waals surface area contributed by atoms with Crippen LogP contribution in [0.25, 0.3) is 0 Å². The highest BCUT2D eigenvalue weighted by molar-refractivity contribution is 5.25. The van der Waals surface area contributed by atoms with E-state index in [4.69, 9.17) is 5.73 Å². The van der Waals surface area contributed by atoms with Gasteiger partial charge in [-0.2, -0.15) is 0 Å². The summed E-state index contributed by atoms with van der Waals surface area (Å²) in [6, 6.07) is 7.80. The van der Waals surface area contributed by atoms with E-state index in [1.165, 1.54) is 0 Å². The largest absolute Gasteiger partial charge is 0.388 e.